The van der Waals surface area contributed by atoms with Crippen molar-refractivity contribution in [3.8, 4) is 11.5 Å². The number of aliphatic hydroxyl groups excluding tert-OH is 1. The summed E-state index contributed by atoms with van der Waals surface area (Å²) in [5.74, 6) is -0.682. The number of halogens is 2. The van der Waals surface area contributed by atoms with Gasteiger partial charge in [0.15, 0.2) is 11.6 Å². The van der Waals surface area contributed by atoms with Crippen LogP contribution in [0.4, 0.5) is 8.78 Å². The molecule has 2 aromatic carbocycles. The van der Waals surface area contributed by atoms with Gasteiger partial charge in [-0.2, -0.15) is 0 Å². The summed E-state index contributed by atoms with van der Waals surface area (Å²) in [6.07, 6.45) is -0.997. The zero-order chi connectivity index (χ0) is 15.0. The number of fused-ring (bicyclic) bond motifs is 1. The molecule has 0 aromatic heterocycles. The van der Waals surface area contributed by atoms with E-state index >= 15 is 0 Å². The van der Waals surface area contributed by atoms with Crippen LogP contribution in [0.15, 0.2) is 36.4 Å². The van der Waals surface area contributed by atoms with Crippen molar-refractivity contribution in [2.75, 3.05) is 7.11 Å². The maximum Gasteiger partial charge on any atom is 0.159 e. The lowest BCUT2D eigenvalue weighted by Gasteiger charge is -2.30. The Balaban J connectivity index is 1.92. The Morgan fingerprint density at radius 1 is 1.14 bits per heavy atom. The first-order valence-corrected chi connectivity index (χ1v) is 6.56. The molecule has 0 bridgehead atoms. The van der Waals surface area contributed by atoms with Gasteiger partial charge in [0.25, 0.3) is 0 Å². The van der Waals surface area contributed by atoms with E-state index in [4.69, 9.17) is 9.47 Å². The van der Waals surface area contributed by atoms with Crippen LogP contribution in [0.2, 0.25) is 0 Å². The van der Waals surface area contributed by atoms with Gasteiger partial charge in [-0.25, -0.2) is 8.78 Å². The highest BCUT2D eigenvalue weighted by molar-refractivity contribution is 5.43. The predicted octanol–water partition coefficient (Wildman–Crippen LogP) is 3.53. The van der Waals surface area contributed by atoms with E-state index in [0.717, 1.165) is 12.1 Å². The maximum atomic E-state index is 13.3. The molecule has 0 radical (unpaired) electrons. The minimum atomic E-state index is -0.925. The SMILES string of the molecule is COc1ccc2c(c1)[C@H](O)CC(c1ccc(F)c(F)c1)O2. The third-order valence-corrected chi connectivity index (χ3v) is 3.60. The minimum absolute atomic E-state index is 0.269. The molecule has 2 atom stereocenters. The Morgan fingerprint density at radius 2 is 1.95 bits per heavy atom. The number of aliphatic hydroxyl groups is 1. The minimum Gasteiger partial charge on any atom is -0.497 e. The van der Waals surface area contributed by atoms with Gasteiger partial charge < -0.3 is 14.6 Å². The fourth-order valence-electron chi connectivity index (χ4n) is 2.47. The second-order valence-electron chi connectivity index (χ2n) is 4.94. The van der Waals surface area contributed by atoms with E-state index in [1.165, 1.54) is 6.07 Å². The molecule has 3 rings (SSSR count). The van der Waals surface area contributed by atoms with Gasteiger partial charge >= 0.3 is 0 Å². The lowest BCUT2D eigenvalue weighted by atomic mass is 9.95. The highest BCUT2D eigenvalue weighted by atomic mass is 19.2. The average Bonchev–Trinajstić information content (AvgIpc) is 2.49. The van der Waals surface area contributed by atoms with Crippen molar-refractivity contribution in [3.63, 3.8) is 0 Å². The number of hydrogen-bond acceptors (Lipinski definition) is 3. The van der Waals surface area contributed by atoms with Crippen LogP contribution in [0.3, 0.4) is 0 Å². The molecule has 0 spiro atoms. The number of benzene rings is 2. The average molecular weight is 292 g/mol. The van der Waals surface area contributed by atoms with Crippen molar-refractivity contribution in [3.05, 3.63) is 59.2 Å². The Bertz CT molecular complexity index is 673. The van der Waals surface area contributed by atoms with E-state index < -0.39 is 23.8 Å². The number of ether oxygens (including phenoxy) is 2. The number of methoxy groups -OCH3 is 1. The van der Waals surface area contributed by atoms with E-state index in [2.05, 4.69) is 0 Å². The van der Waals surface area contributed by atoms with Gasteiger partial charge in [0, 0.05) is 12.0 Å². The van der Waals surface area contributed by atoms with Crippen LogP contribution >= 0.6 is 0 Å². The quantitative estimate of drug-likeness (QED) is 0.920. The van der Waals surface area contributed by atoms with Gasteiger partial charge in [-0.1, -0.05) is 6.07 Å². The van der Waals surface area contributed by atoms with Crippen LogP contribution in [0.25, 0.3) is 0 Å². The summed E-state index contributed by atoms with van der Waals surface area (Å²) < 4.78 is 37.2. The van der Waals surface area contributed by atoms with E-state index in [9.17, 15) is 13.9 Å². The molecule has 1 unspecified atom stereocenters. The highest BCUT2D eigenvalue weighted by Crippen LogP contribution is 2.42. The number of hydrogen-bond donors (Lipinski definition) is 1. The first kappa shape index (κ1) is 13.8. The molecule has 110 valence electrons. The topological polar surface area (TPSA) is 38.7 Å². The van der Waals surface area contributed by atoms with Crippen LogP contribution in [-0.4, -0.2) is 12.2 Å². The van der Waals surface area contributed by atoms with Crippen molar-refractivity contribution >= 4 is 0 Å². The summed E-state index contributed by atoms with van der Waals surface area (Å²) in [4.78, 5) is 0. The van der Waals surface area contributed by atoms with E-state index in [1.807, 2.05) is 0 Å². The molecule has 1 aliphatic rings. The third-order valence-electron chi connectivity index (χ3n) is 3.60. The first-order chi connectivity index (χ1) is 10.1. The monoisotopic (exact) mass is 292 g/mol. The van der Waals surface area contributed by atoms with Crippen molar-refractivity contribution in [1.82, 2.24) is 0 Å². The van der Waals surface area contributed by atoms with Gasteiger partial charge in [-0.15, -0.1) is 0 Å². The van der Waals surface area contributed by atoms with Crippen molar-refractivity contribution in [1.29, 1.82) is 0 Å². The molecule has 1 N–H and O–H groups in total. The van der Waals surface area contributed by atoms with E-state index in [1.54, 1.807) is 25.3 Å². The molecule has 0 amide bonds. The first-order valence-electron chi connectivity index (χ1n) is 6.56. The zero-order valence-corrected chi connectivity index (χ0v) is 11.3. The zero-order valence-electron chi connectivity index (χ0n) is 11.3. The maximum absolute atomic E-state index is 13.3. The van der Waals surface area contributed by atoms with Crippen LogP contribution in [0.1, 0.15) is 29.8 Å². The van der Waals surface area contributed by atoms with Gasteiger partial charge in [0.05, 0.1) is 13.2 Å². The molecule has 0 saturated heterocycles. The summed E-state index contributed by atoms with van der Waals surface area (Å²) in [7, 11) is 1.54. The lowest BCUT2D eigenvalue weighted by Crippen LogP contribution is -2.19. The fourth-order valence-corrected chi connectivity index (χ4v) is 2.47. The third kappa shape index (κ3) is 2.56. The largest absolute Gasteiger partial charge is 0.497 e. The van der Waals surface area contributed by atoms with Crippen LogP contribution in [0.5, 0.6) is 11.5 Å². The Kier molecular flexibility index (Phi) is 3.51. The van der Waals surface area contributed by atoms with Crippen LogP contribution in [-0.2, 0) is 0 Å². The van der Waals surface area contributed by atoms with Gasteiger partial charge in [0.2, 0.25) is 0 Å². The molecule has 5 heteroatoms. The highest BCUT2D eigenvalue weighted by Gasteiger charge is 2.29. The molecule has 1 heterocycles. The molecule has 0 saturated carbocycles. The van der Waals surface area contributed by atoms with Crippen molar-refractivity contribution in [2.24, 2.45) is 0 Å². The molecule has 0 fully saturated rings. The van der Waals surface area contributed by atoms with Crippen LogP contribution in [0, 0.1) is 11.6 Å². The smallest absolute Gasteiger partial charge is 0.159 e. The van der Waals surface area contributed by atoms with Crippen molar-refractivity contribution in [2.45, 2.75) is 18.6 Å². The predicted molar refractivity (Wildman–Crippen MR) is 72.3 cm³/mol. The lowest BCUT2D eigenvalue weighted by molar-refractivity contribution is 0.0652. The molecule has 21 heavy (non-hydrogen) atoms. The summed E-state index contributed by atoms with van der Waals surface area (Å²) in [6.45, 7) is 0. The van der Waals surface area contributed by atoms with Gasteiger partial charge in [-0.3, -0.25) is 0 Å². The second-order valence-corrected chi connectivity index (χ2v) is 4.94. The number of rotatable bonds is 2. The molecule has 2 aromatic rings. The van der Waals surface area contributed by atoms with E-state index in [-0.39, 0.29) is 6.42 Å². The summed E-state index contributed by atoms with van der Waals surface area (Å²) >= 11 is 0. The molecular formula is C16H14F2O3. The van der Waals surface area contributed by atoms with Crippen LogP contribution < -0.4 is 9.47 Å². The molecule has 0 aliphatic carbocycles. The Morgan fingerprint density at radius 3 is 2.67 bits per heavy atom. The Hall–Kier alpha value is -2.14. The van der Waals surface area contributed by atoms with Gasteiger partial charge in [-0.05, 0) is 35.9 Å². The summed E-state index contributed by atoms with van der Waals surface area (Å²) in [5, 5.41) is 10.2. The van der Waals surface area contributed by atoms with Gasteiger partial charge in [0.1, 0.15) is 17.6 Å². The molecule has 3 nitrogen and oxygen atoms in total. The Labute approximate surface area is 120 Å². The summed E-state index contributed by atoms with van der Waals surface area (Å²) in [5.41, 5.74) is 1.13. The summed E-state index contributed by atoms with van der Waals surface area (Å²) in [6, 6.07) is 8.75. The van der Waals surface area contributed by atoms with E-state index in [0.29, 0.717) is 22.6 Å². The van der Waals surface area contributed by atoms with Crippen molar-refractivity contribution < 1.29 is 23.4 Å². The molecule has 1 aliphatic heterocycles. The standard InChI is InChI=1S/C16H14F2O3/c1-20-10-3-5-15-11(7-10)14(19)8-16(21-15)9-2-4-12(17)13(18)6-9/h2-7,14,16,19H,8H2,1H3/t14-,16?/m1/s1. The normalized spacial score (nSPS) is 20.6. The molecular weight excluding hydrogens is 278 g/mol. The second kappa shape index (κ2) is 5.33. The fraction of sp³-hybridized carbons (Fsp3) is 0.250.